The highest BCUT2D eigenvalue weighted by Crippen LogP contribution is 2.21. The highest BCUT2D eigenvalue weighted by molar-refractivity contribution is 5.89. The van der Waals surface area contributed by atoms with E-state index in [2.05, 4.69) is 0 Å². The Balaban J connectivity index is 1.77. The molecule has 132 valence electrons. The molecule has 1 amide bonds. The van der Waals surface area contributed by atoms with E-state index < -0.39 is 5.60 Å². The van der Waals surface area contributed by atoms with Gasteiger partial charge in [0.15, 0.2) is 0 Å². The minimum Gasteiger partial charge on any atom is -0.493 e. The van der Waals surface area contributed by atoms with E-state index in [4.69, 9.17) is 14.2 Å². The Hall–Kier alpha value is -2.24. The number of rotatable bonds is 5. The Kier molecular flexibility index (Phi) is 5.70. The number of likely N-dealkylation sites (tertiary alicyclic amines) is 1. The van der Waals surface area contributed by atoms with E-state index in [1.54, 1.807) is 36.1 Å². The standard InChI is InChI=1S/C18H25NO5/c1-5-22-16(20)14-7-6-8-15(9-14)23-12-13-10-19(11-13)17(21)24-18(2,3)4/h6-9,13H,5,10-12H2,1-4H3. The van der Waals surface area contributed by atoms with Gasteiger partial charge in [0.1, 0.15) is 11.4 Å². The van der Waals surface area contributed by atoms with Crippen LogP contribution in [0, 0.1) is 5.92 Å². The molecule has 6 nitrogen and oxygen atoms in total. The molecule has 6 heteroatoms. The van der Waals surface area contributed by atoms with Crippen LogP contribution in [0.5, 0.6) is 5.75 Å². The second-order valence-corrected chi connectivity index (χ2v) is 6.81. The third kappa shape index (κ3) is 5.15. The number of ether oxygens (including phenoxy) is 3. The molecule has 0 unspecified atom stereocenters. The van der Waals surface area contributed by atoms with Gasteiger partial charge in [-0.2, -0.15) is 0 Å². The first-order valence-corrected chi connectivity index (χ1v) is 8.16. The Morgan fingerprint density at radius 3 is 2.58 bits per heavy atom. The molecule has 0 bridgehead atoms. The summed E-state index contributed by atoms with van der Waals surface area (Å²) in [5.74, 6) is 0.530. The summed E-state index contributed by atoms with van der Waals surface area (Å²) in [6.45, 7) is 9.38. The molecule has 1 fully saturated rings. The molecule has 0 radical (unpaired) electrons. The van der Waals surface area contributed by atoms with Crippen LogP contribution in [-0.2, 0) is 9.47 Å². The molecule has 0 aliphatic carbocycles. The topological polar surface area (TPSA) is 65.1 Å². The van der Waals surface area contributed by atoms with Gasteiger partial charge in [0, 0.05) is 19.0 Å². The average Bonchev–Trinajstić information content (AvgIpc) is 2.44. The van der Waals surface area contributed by atoms with Crippen molar-refractivity contribution in [2.24, 2.45) is 5.92 Å². The maximum atomic E-state index is 11.9. The zero-order valence-electron chi connectivity index (χ0n) is 14.7. The van der Waals surface area contributed by atoms with Crippen LogP contribution in [0.3, 0.4) is 0 Å². The van der Waals surface area contributed by atoms with E-state index in [1.165, 1.54) is 0 Å². The Morgan fingerprint density at radius 2 is 1.96 bits per heavy atom. The molecule has 0 atom stereocenters. The van der Waals surface area contributed by atoms with Gasteiger partial charge in [-0.3, -0.25) is 0 Å². The van der Waals surface area contributed by atoms with Crippen LogP contribution in [0.4, 0.5) is 4.79 Å². The van der Waals surface area contributed by atoms with Crippen LogP contribution < -0.4 is 4.74 Å². The first-order valence-electron chi connectivity index (χ1n) is 8.16. The first kappa shape index (κ1) is 18.1. The third-order valence-electron chi connectivity index (χ3n) is 3.44. The molecule has 0 saturated carbocycles. The monoisotopic (exact) mass is 335 g/mol. The summed E-state index contributed by atoms with van der Waals surface area (Å²) in [5, 5.41) is 0. The van der Waals surface area contributed by atoms with Crippen LogP contribution in [0.25, 0.3) is 0 Å². The van der Waals surface area contributed by atoms with E-state index in [-0.39, 0.29) is 18.0 Å². The molecule has 0 spiro atoms. The maximum Gasteiger partial charge on any atom is 0.410 e. The fraction of sp³-hybridized carbons (Fsp3) is 0.556. The zero-order chi connectivity index (χ0) is 17.7. The Bertz CT molecular complexity index is 587. The molecule has 0 N–H and O–H groups in total. The highest BCUT2D eigenvalue weighted by Gasteiger charge is 2.34. The van der Waals surface area contributed by atoms with Crippen LogP contribution in [-0.4, -0.2) is 48.9 Å². The molecule has 1 saturated heterocycles. The largest absolute Gasteiger partial charge is 0.493 e. The lowest BCUT2D eigenvalue weighted by Gasteiger charge is -2.39. The molecule has 0 aromatic heterocycles. The van der Waals surface area contributed by atoms with Crippen LogP contribution in [0.2, 0.25) is 0 Å². The van der Waals surface area contributed by atoms with E-state index in [0.717, 1.165) is 0 Å². The summed E-state index contributed by atoms with van der Waals surface area (Å²) in [4.78, 5) is 25.2. The van der Waals surface area contributed by atoms with Crippen LogP contribution >= 0.6 is 0 Å². The van der Waals surface area contributed by atoms with Crippen molar-refractivity contribution < 1.29 is 23.8 Å². The minimum atomic E-state index is -0.480. The summed E-state index contributed by atoms with van der Waals surface area (Å²) >= 11 is 0. The average molecular weight is 335 g/mol. The SMILES string of the molecule is CCOC(=O)c1cccc(OCC2CN(C(=O)OC(C)(C)C)C2)c1. The van der Waals surface area contributed by atoms with Crippen molar-refractivity contribution in [3.8, 4) is 5.75 Å². The number of benzene rings is 1. The van der Waals surface area contributed by atoms with Crippen molar-refractivity contribution >= 4 is 12.1 Å². The summed E-state index contributed by atoms with van der Waals surface area (Å²) in [6.07, 6.45) is -0.289. The third-order valence-corrected chi connectivity index (χ3v) is 3.44. The fourth-order valence-corrected chi connectivity index (χ4v) is 2.29. The fourth-order valence-electron chi connectivity index (χ4n) is 2.29. The van der Waals surface area contributed by atoms with Gasteiger partial charge in [0.2, 0.25) is 0 Å². The van der Waals surface area contributed by atoms with Crippen molar-refractivity contribution in [2.75, 3.05) is 26.3 Å². The summed E-state index contributed by atoms with van der Waals surface area (Å²) in [5.41, 5.74) is -0.00927. The van der Waals surface area contributed by atoms with E-state index in [0.29, 0.717) is 37.6 Å². The highest BCUT2D eigenvalue weighted by atomic mass is 16.6. The van der Waals surface area contributed by atoms with Crippen molar-refractivity contribution in [2.45, 2.75) is 33.3 Å². The number of carbonyl (C=O) groups is 2. The lowest BCUT2D eigenvalue weighted by Crippen LogP contribution is -2.53. The molecular formula is C18H25NO5. The quantitative estimate of drug-likeness (QED) is 0.774. The molecule has 24 heavy (non-hydrogen) atoms. The smallest absolute Gasteiger partial charge is 0.410 e. The zero-order valence-corrected chi connectivity index (χ0v) is 14.7. The van der Waals surface area contributed by atoms with Gasteiger partial charge in [-0.1, -0.05) is 6.07 Å². The number of hydrogen-bond acceptors (Lipinski definition) is 5. The first-order chi connectivity index (χ1) is 11.3. The molecule has 2 rings (SSSR count). The van der Waals surface area contributed by atoms with Crippen molar-refractivity contribution in [1.29, 1.82) is 0 Å². The lowest BCUT2D eigenvalue weighted by atomic mass is 10.0. The van der Waals surface area contributed by atoms with Crippen LogP contribution in [0.1, 0.15) is 38.1 Å². The molecule has 1 aliphatic rings. The van der Waals surface area contributed by atoms with Gasteiger partial charge in [-0.15, -0.1) is 0 Å². The number of nitrogens with zero attached hydrogens (tertiary/aromatic N) is 1. The van der Waals surface area contributed by atoms with Crippen LogP contribution in [0.15, 0.2) is 24.3 Å². The predicted molar refractivity (Wildman–Crippen MR) is 89.2 cm³/mol. The normalized spacial score (nSPS) is 14.8. The summed E-state index contributed by atoms with van der Waals surface area (Å²) in [7, 11) is 0. The molecule has 1 heterocycles. The molecule has 1 aliphatic heterocycles. The van der Waals surface area contributed by atoms with E-state index in [9.17, 15) is 9.59 Å². The van der Waals surface area contributed by atoms with Crippen molar-refractivity contribution in [3.63, 3.8) is 0 Å². The van der Waals surface area contributed by atoms with E-state index in [1.807, 2.05) is 20.8 Å². The molecular weight excluding hydrogens is 310 g/mol. The second-order valence-electron chi connectivity index (χ2n) is 6.81. The summed E-state index contributed by atoms with van der Waals surface area (Å²) < 4.78 is 16.0. The minimum absolute atomic E-state index is 0.267. The number of amides is 1. The maximum absolute atomic E-state index is 11.9. The van der Waals surface area contributed by atoms with Gasteiger partial charge in [0.25, 0.3) is 0 Å². The molecule has 1 aromatic rings. The van der Waals surface area contributed by atoms with Crippen molar-refractivity contribution in [3.05, 3.63) is 29.8 Å². The lowest BCUT2D eigenvalue weighted by molar-refractivity contribution is -0.00785. The van der Waals surface area contributed by atoms with Crippen molar-refractivity contribution in [1.82, 2.24) is 4.90 Å². The number of hydrogen-bond donors (Lipinski definition) is 0. The van der Waals surface area contributed by atoms with Gasteiger partial charge in [0.05, 0.1) is 18.8 Å². The Morgan fingerprint density at radius 1 is 1.25 bits per heavy atom. The predicted octanol–water partition coefficient (Wildman–Crippen LogP) is 3.11. The number of esters is 1. The van der Waals surface area contributed by atoms with Gasteiger partial charge in [-0.05, 0) is 45.9 Å². The van der Waals surface area contributed by atoms with Gasteiger partial charge >= 0.3 is 12.1 Å². The van der Waals surface area contributed by atoms with Gasteiger partial charge < -0.3 is 19.1 Å². The van der Waals surface area contributed by atoms with Gasteiger partial charge in [-0.25, -0.2) is 9.59 Å². The number of carbonyl (C=O) groups excluding carboxylic acids is 2. The molecule has 1 aromatic carbocycles. The summed E-state index contributed by atoms with van der Waals surface area (Å²) in [6, 6.07) is 6.92. The van der Waals surface area contributed by atoms with E-state index >= 15 is 0 Å². The second kappa shape index (κ2) is 7.55. The Labute approximate surface area is 142 Å².